The Morgan fingerprint density at radius 1 is 1.19 bits per heavy atom. The summed E-state index contributed by atoms with van der Waals surface area (Å²) in [6.45, 7) is 7.29. The highest BCUT2D eigenvalue weighted by Crippen LogP contribution is 2.40. The molecule has 1 aliphatic heterocycles. The van der Waals surface area contributed by atoms with Gasteiger partial charge in [-0.25, -0.2) is 0 Å². The summed E-state index contributed by atoms with van der Waals surface area (Å²) in [5.41, 5.74) is 1.61. The second-order valence-electron chi connectivity index (χ2n) is 7.16. The van der Waals surface area contributed by atoms with Crippen LogP contribution < -0.4 is 0 Å². The summed E-state index contributed by atoms with van der Waals surface area (Å²) in [4.78, 5) is 4.36. The molecular weight excluding hydrogens is 274 g/mol. The number of fused-ring (bicyclic) bond motifs is 1. The molecule has 0 N–H and O–H groups in total. The van der Waals surface area contributed by atoms with Gasteiger partial charge in [-0.2, -0.15) is 0 Å². The van der Waals surface area contributed by atoms with Gasteiger partial charge in [0, 0.05) is 29.2 Å². The Morgan fingerprint density at radius 3 is 2.71 bits per heavy atom. The van der Waals surface area contributed by atoms with Crippen molar-refractivity contribution in [2.45, 2.75) is 62.8 Å². The predicted molar refractivity (Wildman–Crippen MR) is 93.2 cm³/mol. The summed E-state index contributed by atoms with van der Waals surface area (Å²) in [7, 11) is 0. The summed E-state index contributed by atoms with van der Waals surface area (Å²) >= 11 is 2.06. The molecule has 3 rings (SSSR count). The number of rotatable bonds is 6. The minimum atomic E-state index is 0.749. The monoisotopic (exact) mass is 303 g/mol. The molecule has 1 atom stereocenters. The zero-order valence-electron chi connectivity index (χ0n) is 13.6. The van der Waals surface area contributed by atoms with E-state index >= 15 is 0 Å². The van der Waals surface area contributed by atoms with E-state index in [1.54, 1.807) is 5.56 Å². The second-order valence-corrected chi connectivity index (χ2v) is 8.22. The number of thioether (sulfide) groups is 1. The third-order valence-electron chi connectivity index (χ3n) is 5.09. The van der Waals surface area contributed by atoms with Crippen LogP contribution in [0, 0.1) is 5.92 Å². The summed E-state index contributed by atoms with van der Waals surface area (Å²) in [6, 6.07) is 9.91. The van der Waals surface area contributed by atoms with E-state index in [0.717, 1.165) is 17.9 Å². The molecule has 1 aromatic carbocycles. The van der Waals surface area contributed by atoms with E-state index in [1.807, 2.05) is 0 Å². The zero-order chi connectivity index (χ0) is 14.7. The van der Waals surface area contributed by atoms with Crippen LogP contribution in [0.4, 0.5) is 0 Å². The van der Waals surface area contributed by atoms with Crippen molar-refractivity contribution >= 4 is 11.8 Å². The third kappa shape index (κ3) is 3.84. The maximum atomic E-state index is 2.83. The lowest BCUT2D eigenvalue weighted by atomic mass is 9.99. The number of hydrogen-bond donors (Lipinski definition) is 0. The van der Waals surface area contributed by atoms with Crippen molar-refractivity contribution in [1.82, 2.24) is 4.90 Å². The lowest BCUT2D eigenvalue weighted by molar-refractivity contribution is 0.180. The van der Waals surface area contributed by atoms with Crippen molar-refractivity contribution in [3.63, 3.8) is 0 Å². The van der Waals surface area contributed by atoms with Crippen LogP contribution in [-0.2, 0) is 0 Å². The fourth-order valence-electron chi connectivity index (χ4n) is 3.78. The van der Waals surface area contributed by atoms with Crippen LogP contribution in [0.1, 0.15) is 57.4 Å². The predicted octanol–water partition coefficient (Wildman–Crippen LogP) is 5.17. The molecular formula is C19H29NS. The van der Waals surface area contributed by atoms with Gasteiger partial charge in [0.25, 0.3) is 0 Å². The van der Waals surface area contributed by atoms with E-state index in [1.165, 1.54) is 55.8 Å². The molecule has 1 unspecified atom stereocenters. The molecule has 0 aromatic heterocycles. The van der Waals surface area contributed by atoms with E-state index in [2.05, 4.69) is 54.8 Å². The number of nitrogens with zero attached hydrogens (tertiary/aromatic N) is 1. The van der Waals surface area contributed by atoms with E-state index in [0.29, 0.717) is 0 Å². The molecule has 0 bridgehead atoms. The third-order valence-corrected chi connectivity index (χ3v) is 6.34. The van der Waals surface area contributed by atoms with Crippen molar-refractivity contribution in [1.29, 1.82) is 0 Å². The van der Waals surface area contributed by atoms with Crippen molar-refractivity contribution < 1.29 is 0 Å². The van der Waals surface area contributed by atoms with Crippen LogP contribution in [0.5, 0.6) is 0 Å². The Labute approximate surface area is 134 Å². The second kappa shape index (κ2) is 7.19. The zero-order valence-corrected chi connectivity index (χ0v) is 14.4. The van der Waals surface area contributed by atoms with Gasteiger partial charge in [-0.3, -0.25) is 4.90 Å². The van der Waals surface area contributed by atoms with Crippen LogP contribution in [-0.4, -0.2) is 29.8 Å². The Kier molecular flexibility index (Phi) is 5.29. The van der Waals surface area contributed by atoms with Crippen molar-refractivity contribution in [2.75, 3.05) is 18.8 Å². The van der Waals surface area contributed by atoms with Gasteiger partial charge in [0.15, 0.2) is 0 Å². The highest BCUT2D eigenvalue weighted by atomic mass is 32.2. The molecule has 2 heteroatoms. The Hall–Kier alpha value is -0.470. The lowest BCUT2D eigenvalue weighted by Gasteiger charge is -2.32. The molecule has 21 heavy (non-hydrogen) atoms. The summed E-state index contributed by atoms with van der Waals surface area (Å²) in [6.07, 6.45) is 7.09. The first-order valence-corrected chi connectivity index (χ1v) is 9.68. The molecule has 1 saturated carbocycles. The van der Waals surface area contributed by atoms with Gasteiger partial charge in [0.2, 0.25) is 0 Å². The summed E-state index contributed by atoms with van der Waals surface area (Å²) < 4.78 is 0. The lowest BCUT2D eigenvalue weighted by Crippen LogP contribution is -2.38. The molecule has 0 radical (unpaired) electrons. The van der Waals surface area contributed by atoms with Gasteiger partial charge >= 0.3 is 0 Å². The first-order chi connectivity index (χ1) is 10.2. The first-order valence-electron chi connectivity index (χ1n) is 8.70. The van der Waals surface area contributed by atoms with Crippen LogP contribution in [0.2, 0.25) is 0 Å². The fourth-order valence-corrected chi connectivity index (χ4v) is 5.02. The van der Waals surface area contributed by atoms with E-state index < -0.39 is 0 Å². The standard InChI is InChI=1S/C19H29NS/c1-15(2)11-12-20(17-7-3-4-8-17)13-16-14-21-19-10-6-5-9-18(16)19/h5-6,9-10,15-17H,3-4,7-8,11-14H2,1-2H3. The van der Waals surface area contributed by atoms with Crippen LogP contribution >= 0.6 is 11.8 Å². The minimum Gasteiger partial charge on any atom is -0.300 e. The van der Waals surface area contributed by atoms with Crippen molar-refractivity contribution in [2.24, 2.45) is 5.92 Å². The largest absolute Gasteiger partial charge is 0.300 e. The molecule has 1 aliphatic carbocycles. The Bertz CT molecular complexity index is 451. The molecule has 1 fully saturated rings. The van der Waals surface area contributed by atoms with Gasteiger partial charge in [0.1, 0.15) is 0 Å². The van der Waals surface area contributed by atoms with Crippen LogP contribution in [0.15, 0.2) is 29.2 Å². The molecule has 1 aromatic rings. The normalized spacial score (nSPS) is 22.4. The van der Waals surface area contributed by atoms with E-state index in [9.17, 15) is 0 Å². The average Bonchev–Trinajstić information content (AvgIpc) is 3.13. The van der Waals surface area contributed by atoms with E-state index in [4.69, 9.17) is 0 Å². The molecule has 0 saturated heterocycles. The molecule has 0 spiro atoms. The van der Waals surface area contributed by atoms with Gasteiger partial charge in [-0.05, 0) is 43.4 Å². The maximum Gasteiger partial charge on any atom is 0.0108 e. The molecule has 0 amide bonds. The summed E-state index contributed by atoms with van der Waals surface area (Å²) in [5, 5.41) is 0. The van der Waals surface area contributed by atoms with Gasteiger partial charge < -0.3 is 0 Å². The van der Waals surface area contributed by atoms with Gasteiger partial charge in [-0.15, -0.1) is 11.8 Å². The van der Waals surface area contributed by atoms with E-state index in [-0.39, 0.29) is 0 Å². The highest BCUT2D eigenvalue weighted by Gasteiger charge is 2.29. The van der Waals surface area contributed by atoms with Gasteiger partial charge in [-0.1, -0.05) is 44.9 Å². The average molecular weight is 304 g/mol. The fraction of sp³-hybridized carbons (Fsp3) is 0.684. The smallest absolute Gasteiger partial charge is 0.0108 e. The highest BCUT2D eigenvalue weighted by molar-refractivity contribution is 7.99. The molecule has 1 nitrogen and oxygen atoms in total. The first kappa shape index (κ1) is 15.4. The topological polar surface area (TPSA) is 3.24 Å². The van der Waals surface area contributed by atoms with Gasteiger partial charge in [0.05, 0.1) is 0 Å². The quantitative estimate of drug-likeness (QED) is 0.713. The Balaban J connectivity index is 1.66. The number of hydrogen-bond acceptors (Lipinski definition) is 2. The Morgan fingerprint density at radius 2 is 1.95 bits per heavy atom. The molecule has 1 heterocycles. The number of benzene rings is 1. The minimum absolute atomic E-state index is 0.749. The van der Waals surface area contributed by atoms with Crippen molar-refractivity contribution in [3.8, 4) is 0 Å². The van der Waals surface area contributed by atoms with Crippen LogP contribution in [0.25, 0.3) is 0 Å². The maximum absolute atomic E-state index is 2.83. The summed E-state index contributed by atoms with van der Waals surface area (Å²) in [5.74, 6) is 2.85. The molecule has 2 aliphatic rings. The van der Waals surface area contributed by atoms with Crippen molar-refractivity contribution in [3.05, 3.63) is 29.8 Å². The SMILES string of the molecule is CC(C)CCN(CC1CSc2ccccc21)C1CCCC1. The van der Waals surface area contributed by atoms with Crippen LogP contribution in [0.3, 0.4) is 0 Å². The molecule has 116 valence electrons.